The van der Waals surface area contributed by atoms with Gasteiger partial charge in [-0.2, -0.15) is 0 Å². The van der Waals surface area contributed by atoms with Crippen molar-refractivity contribution in [2.75, 3.05) is 23.7 Å². The Balaban J connectivity index is 2.45. The van der Waals surface area contributed by atoms with Crippen molar-refractivity contribution < 1.29 is 23.6 Å². The number of aromatic carboxylic acids is 1. The molecule has 1 aliphatic rings. The molecule has 20 heavy (non-hydrogen) atoms. The molecule has 1 fully saturated rings. The molecule has 1 unspecified atom stereocenters. The van der Waals surface area contributed by atoms with Gasteiger partial charge in [-0.25, -0.2) is 13.8 Å². The Morgan fingerprint density at radius 3 is 2.55 bits per heavy atom. The van der Waals surface area contributed by atoms with Gasteiger partial charge in [-0.15, -0.1) is 0 Å². The number of nitrogens with zero attached hydrogens (tertiary/aromatic N) is 1. The number of hydrogen-bond acceptors (Lipinski definition) is 4. The Morgan fingerprint density at radius 1 is 1.25 bits per heavy atom. The third kappa shape index (κ3) is 2.98. The molecule has 0 aliphatic carbocycles. The van der Waals surface area contributed by atoms with Gasteiger partial charge in [0.1, 0.15) is 11.0 Å². The molecular formula is C13H15NO5S. The lowest BCUT2D eigenvalue weighted by molar-refractivity contribution is 0.0600. The summed E-state index contributed by atoms with van der Waals surface area (Å²) in [5.41, 5.74) is 0.596. The van der Waals surface area contributed by atoms with Crippen molar-refractivity contribution in [1.29, 1.82) is 0 Å². The van der Waals surface area contributed by atoms with Crippen molar-refractivity contribution in [3.8, 4) is 0 Å². The average Bonchev–Trinajstić information content (AvgIpc) is 2.46. The van der Waals surface area contributed by atoms with Crippen LogP contribution >= 0.6 is 0 Å². The van der Waals surface area contributed by atoms with E-state index in [4.69, 9.17) is 5.11 Å². The van der Waals surface area contributed by atoms with E-state index in [1.165, 1.54) is 25.3 Å². The van der Waals surface area contributed by atoms with Gasteiger partial charge in [-0.1, -0.05) is 0 Å². The lowest BCUT2D eigenvalue weighted by Crippen LogP contribution is -2.33. The fourth-order valence-electron chi connectivity index (χ4n) is 2.05. The largest absolute Gasteiger partial charge is 0.478 e. The van der Waals surface area contributed by atoms with Gasteiger partial charge in [0.2, 0.25) is 0 Å². The molecule has 1 atom stereocenters. The fourth-order valence-corrected chi connectivity index (χ4v) is 3.40. The molecule has 2 rings (SSSR count). The van der Waals surface area contributed by atoms with Gasteiger partial charge in [0.05, 0.1) is 23.9 Å². The van der Waals surface area contributed by atoms with Gasteiger partial charge >= 0.3 is 11.9 Å². The molecule has 0 bridgehead atoms. The summed E-state index contributed by atoms with van der Waals surface area (Å²) in [6.45, 7) is 0.580. The number of rotatable bonds is 3. The molecule has 0 aromatic heterocycles. The van der Waals surface area contributed by atoms with E-state index in [-0.39, 0.29) is 11.1 Å². The average molecular weight is 297 g/mol. The number of carboxylic acid groups (broad SMARTS) is 1. The molecule has 108 valence electrons. The molecule has 0 amide bonds. The second kappa shape index (κ2) is 6.04. The van der Waals surface area contributed by atoms with Gasteiger partial charge in [0.15, 0.2) is 0 Å². The Labute approximate surface area is 118 Å². The minimum Gasteiger partial charge on any atom is -0.478 e. The minimum atomic E-state index is -1.19. The maximum atomic E-state index is 12.0. The monoisotopic (exact) mass is 297 g/mol. The first-order valence-corrected chi connectivity index (χ1v) is 7.43. The summed E-state index contributed by atoms with van der Waals surface area (Å²) >= 11 is 0. The fraction of sp³-hybridized carbons (Fsp3) is 0.385. The van der Waals surface area contributed by atoms with Gasteiger partial charge in [0, 0.05) is 12.3 Å². The highest BCUT2D eigenvalue weighted by molar-refractivity contribution is 7.86. The number of hydrogen-bond donors (Lipinski definition) is 1. The number of anilines is 1. The third-order valence-corrected chi connectivity index (χ3v) is 4.57. The Hall–Kier alpha value is -1.89. The highest BCUT2D eigenvalue weighted by Crippen LogP contribution is 2.24. The molecule has 1 saturated heterocycles. The van der Waals surface area contributed by atoms with Crippen molar-refractivity contribution in [2.24, 2.45) is 0 Å². The van der Waals surface area contributed by atoms with Crippen LogP contribution in [0.25, 0.3) is 0 Å². The van der Waals surface area contributed by atoms with E-state index < -0.39 is 22.9 Å². The first-order valence-electron chi connectivity index (χ1n) is 6.15. The number of methoxy groups -OCH3 is 1. The van der Waals surface area contributed by atoms with E-state index in [1.807, 2.05) is 0 Å². The van der Waals surface area contributed by atoms with Crippen molar-refractivity contribution in [1.82, 2.24) is 0 Å². The van der Waals surface area contributed by atoms with Crippen LogP contribution in [0.15, 0.2) is 18.2 Å². The summed E-state index contributed by atoms with van der Waals surface area (Å²) < 4.78 is 18.2. The molecule has 1 N–H and O–H groups in total. The van der Waals surface area contributed by atoms with E-state index in [1.54, 1.807) is 4.31 Å². The van der Waals surface area contributed by atoms with Crippen LogP contribution in [0.1, 0.15) is 33.6 Å². The lowest BCUT2D eigenvalue weighted by Gasteiger charge is -2.27. The minimum absolute atomic E-state index is 0.0227. The predicted octanol–water partition coefficient (Wildman–Crippen LogP) is 1.44. The number of carboxylic acids is 1. The summed E-state index contributed by atoms with van der Waals surface area (Å²) in [5.74, 6) is -1.21. The molecule has 1 aromatic carbocycles. The number of esters is 1. The second-order valence-corrected chi connectivity index (χ2v) is 5.89. The van der Waals surface area contributed by atoms with Gasteiger partial charge in [0.25, 0.3) is 0 Å². The van der Waals surface area contributed by atoms with Crippen LogP contribution in [0.4, 0.5) is 5.69 Å². The van der Waals surface area contributed by atoms with Gasteiger partial charge in [-0.3, -0.25) is 4.31 Å². The van der Waals surface area contributed by atoms with E-state index in [0.717, 1.165) is 12.8 Å². The third-order valence-electron chi connectivity index (χ3n) is 3.05. The molecule has 1 aromatic rings. The highest BCUT2D eigenvalue weighted by atomic mass is 32.2. The van der Waals surface area contributed by atoms with E-state index >= 15 is 0 Å². The van der Waals surface area contributed by atoms with Crippen LogP contribution in [0.5, 0.6) is 0 Å². The predicted molar refractivity (Wildman–Crippen MR) is 74.3 cm³/mol. The number of carbonyl (C=O) groups excluding carboxylic acids is 1. The Kier molecular flexibility index (Phi) is 4.39. The summed E-state index contributed by atoms with van der Waals surface area (Å²) in [6.07, 6.45) is 1.77. The molecule has 0 saturated carbocycles. The van der Waals surface area contributed by atoms with Crippen LogP contribution in [-0.4, -0.2) is 40.7 Å². The molecule has 6 nitrogen and oxygen atoms in total. The standard InChI is InChI=1S/C13H15NO5S/c1-19-13(17)10-6-9(12(15)16)7-11(8-10)14-4-2-3-5-20(14)18/h6-8H,2-5H2,1H3,(H,15,16). The van der Waals surface area contributed by atoms with Gasteiger partial charge in [-0.05, 0) is 31.0 Å². The van der Waals surface area contributed by atoms with Crippen molar-refractivity contribution in [3.05, 3.63) is 29.3 Å². The normalized spacial score (nSPS) is 18.6. The van der Waals surface area contributed by atoms with Crippen molar-refractivity contribution in [2.45, 2.75) is 12.8 Å². The quantitative estimate of drug-likeness (QED) is 0.853. The summed E-state index contributed by atoms with van der Waals surface area (Å²) in [6, 6.07) is 4.20. The van der Waals surface area contributed by atoms with Crippen LogP contribution in [0, 0.1) is 0 Å². The summed E-state index contributed by atoms with van der Waals surface area (Å²) in [7, 11) is 0.0450. The molecule has 7 heteroatoms. The SMILES string of the molecule is COC(=O)c1cc(C(=O)O)cc(N2CCCCS2=O)c1. The first-order chi connectivity index (χ1) is 9.52. The van der Waals surface area contributed by atoms with E-state index in [9.17, 15) is 13.8 Å². The number of benzene rings is 1. The zero-order chi connectivity index (χ0) is 14.7. The summed E-state index contributed by atoms with van der Waals surface area (Å²) in [4.78, 5) is 22.7. The zero-order valence-electron chi connectivity index (χ0n) is 11.0. The van der Waals surface area contributed by atoms with Crippen molar-refractivity contribution >= 4 is 28.6 Å². The number of ether oxygens (including phenoxy) is 1. The Morgan fingerprint density at radius 2 is 1.95 bits per heavy atom. The van der Waals surface area contributed by atoms with Crippen LogP contribution in [-0.2, 0) is 15.7 Å². The zero-order valence-corrected chi connectivity index (χ0v) is 11.8. The maximum absolute atomic E-state index is 12.0. The topological polar surface area (TPSA) is 83.9 Å². The Bertz CT molecular complexity index is 572. The maximum Gasteiger partial charge on any atom is 0.337 e. The molecular weight excluding hydrogens is 282 g/mol. The lowest BCUT2D eigenvalue weighted by atomic mass is 10.1. The molecule has 1 heterocycles. The second-order valence-electron chi connectivity index (χ2n) is 4.40. The van der Waals surface area contributed by atoms with Crippen LogP contribution < -0.4 is 4.31 Å². The number of carbonyl (C=O) groups is 2. The molecule has 1 aliphatic heterocycles. The smallest absolute Gasteiger partial charge is 0.337 e. The van der Waals surface area contributed by atoms with Crippen LogP contribution in [0.3, 0.4) is 0 Å². The van der Waals surface area contributed by atoms with E-state index in [0.29, 0.717) is 18.0 Å². The van der Waals surface area contributed by atoms with E-state index in [2.05, 4.69) is 4.74 Å². The first kappa shape index (κ1) is 14.5. The summed E-state index contributed by atoms with van der Waals surface area (Å²) in [5, 5.41) is 9.11. The van der Waals surface area contributed by atoms with Crippen LogP contribution in [0.2, 0.25) is 0 Å². The molecule has 0 spiro atoms. The van der Waals surface area contributed by atoms with Gasteiger partial charge < -0.3 is 9.84 Å². The molecule has 0 radical (unpaired) electrons. The highest BCUT2D eigenvalue weighted by Gasteiger charge is 2.21. The van der Waals surface area contributed by atoms with Crippen molar-refractivity contribution in [3.63, 3.8) is 0 Å².